The molecule has 0 amide bonds. The van der Waals surface area contributed by atoms with Crippen LogP contribution < -0.4 is 19.1 Å². The fourth-order valence-corrected chi connectivity index (χ4v) is 6.50. The molecule has 0 saturated carbocycles. The lowest BCUT2D eigenvalue weighted by Gasteiger charge is -2.28. The van der Waals surface area contributed by atoms with E-state index in [1.165, 1.54) is 0 Å². The number of nitrogens with one attached hydrogen (secondary N) is 1. The van der Waals surface area contributed by atoms with E-state index >= 15 is 0 Å². The molecule has 49 heavy (non-hydrogen) atoms. The lowest BCUT2D eigenvalue weighted by molar-refractivity contribution is 0.305. The molecule has 9 nitrogen and oxygen atoms in total. The monoisotopic (exact) mass is 693 g/mol. The van der Waals surface area contributed by atoms with Crippen LogP contribution in [0.3, 0.4) is 0 Å². The number of aromatic nitrogens is 2. The first-order valence-corrected chi connectivity index (χ1v) is 18.8. The van der Waals surface area contributed by atoms with Crippen LogP contribution in [0, 0.1) is 13.5 Å². The van der Waals surface area contributed by atoms with Gasteiger partial charge in [0.15, 0.2) is 5.69 Å². The van der Waals surface area contributed by atoms with Crippen molar-refractivity contribution in [3.05, 3.63) is 137 Å². The lowest BCUT2D eigenvalue weighted by atomic mass is 10.1. The zero-order chi connectivity index (χ0) is 34.6. The second kappa shape index (κ2) is 16.9. The van der Waals surface area contributed by atoms with Crippen LogP contribution in [-0.2, 0) is 29.5 Å². The molecule has 2 heterocycles. The summed E-state index contributed by atoms with van der Waals surface area (Å²) in [5.41, 5.74) is 5.99. The number of nitrogens with zero attached hydrogens (tertiary/aromatic N) is 4. The fraction of sp³-hybridized carbons (Fsp3) is 0.237. The van der Waals surface area contributed by atoms with Crippen LogP contribution in [0.15, 0.2) is 108 Å². The van der Waals surface area contributed by atoms with E-state index in [9.17, 15) is 8.42 Å². The van der Waals surface area contributed by atoms with Gasteiger partial charge in [-0.3, -0.25) is 9.71 Å². The summed E-state index contributed by atoms with van der Waals surface area (Å²) in [6.07, 6.45) is 6.49. The third-order valence-electron chi connectivity index (χ3n) is 7.48. The zero-order valence-corrected chi connectivity index (χ0v) is 29.4. The average Bonchev–Trinajstić information content (AvgIpc) is 3.09. The second-order valence-electron chi connectivity index (χ2n) is 11.5. The molecule has 11 heteroatoms. The maximum atomic E-state index is 12.0. The van der Waals surface area contributed by atoms with Crippen molar-refractivity contribution in [3.63, 3.8) is 0 Å². The molecule has 0 atom stereocenters. The number of hydrogen-bond donors (Lipinski definition) is 1. The van der Waals surface area contributed by atoms with Crippen molar-refractivity contribution in [1.29, 1.82) is 0 Å². The Kier molecular flexibility index (Phi) is 12.1. The highest BCUT2D eigenvalue weighted by atomic mass is 32.2. The van der Waals surface area contributed by atoms with E-state index in [1.54, 1.807) is 24.0 Å². The van der Waals surface area contributed by atoms with E-state index in [0.717, 1.165) is 57.8 Å². The molecule has 5 rings (SSSR count). The number of thioether (sulfide) groups is 1. The van der Waals surface area contributed by atoms with Crippen LogP contribution >= 0.6 is 11.8 Å². The molecule has 0 spiro atoms. The van der Waals surface area contributed by atoms with Crippen molar-refractivity contribution >= 4 is 38.8 Å². The molecular formula is C38H39N5O4S2. The van der Waals surface area contributed by atoms with Crippen molar-refractivity contribution in [1.82, 2.24) is 9.97 Å². The third-order valence-corrected chi connectivity index (χ3v) is 9.19. The molecule has 0 saturated heterocycles. The minimum atomic E-state index is -3.45. The Morgan fingerprint density at radius 2 is 1.65 bits per heavy atom. The number of rotatable bonds is 16. The van der Waals surface area contributed by atoms with E-state index in [2.05, 4.69) is 31.4 Å². The highest BCUT2D eigenvalue weighted by Gasteiger charge is 2.16. The Morgan fingerprint density at radius 3 is 2.31 bits per heavy atom. The zero-order valence-electron chi connectivity index (χ0n) is 27.8. The fourth-order valence-electron chi connectivity index (χ4n) is 5.11. The molecule has 5 aromatic rings. The van der Waals surface area contributed by atoms with Gasteiger partial charge < -0.3 is 14.4 Å². The van der Waals surface area contributed by atoms with Crippen molar-refractivity contribution < 1.29 is 17.9 Å². The highest BCUT2D eigenvalue weighted by Crippen LogP contribution is 2.32. The number of benzene rings is 3. The molecule has 1 N–H and O–H groups in total. The molecular weight excluding hydrogens is 655 g/mol. The van der Waals surface area contributed by atoms with Gasteiger partial charge in [0.1, 0.15) is 16.5 Å². The molecule has 0 radical (unpaired) electrons. The molecule has 252 valence electrons. The van der Waals surface area contributed by atoms with Crippen molar-refractivity contribution in [2.24, 2.45) is 0 Å². The van der Waals surface area contributed by atoms with Crippen LogP contribution in [0.4, 0.5) is 17.1 Å². The van der Waals surface area contributed by atoms with Crippen LogP contribution in [-0.4, -0.2) is 37.0 Å². The molecule has 0 bridgehead atoms. The van der Waals surface area contributed by atoms with Crippen molar-refractivity contribution in [3.8, 4) is 17.4 Å². The SMILES string of the molecule is [C-]#[N+]c1ccc(CN(Cc2ccc(Oc3cc(OCCc4cccnc4)nc(SCCC)c3)cc2)c2cccc(NS(C)(=O)=O)c2C)cc1. The number of ether oxygens (including phenoxy) is 2. The van der Waals surface area contributed by atoms with Gasteiger partial charge in [0.2, 0.25) is 15.9 Å². The smallest absolute Gasteiger partial charge is 0.229 e. The van der Waals surface area contributed by atoms with E-state index in [0.29, 0.717) is 48.5 Å². The molecule has 0 aliphatic heterocycles. The summed E-state index contributed by atoms with van der Waals surface area (Å²) >= 11 is 1.66. The topological polar surface area (TPSA) is 98.0 Å². The van der Waals surface area contributed by atoms with Gasteiger partial charge in [0.25, 0.3) is 0 Å². The van der Waals surface area contributed by atoms with Gasteiger partial charge in [-0.05, 0) is 71.7 Å². The average molecular weight is 694 g/mol. The summed E-state index contributed by atoms with van der Waals surface area (Å²) in [6.45, 7) is 12.9. The quantitative estimate of drug-likeness (QED) is 0.0809. The minimum Gasteiger partial charge on any atom is -0.477 e. The highest BCUT2D eigenvalue weighted by molar-refractivity contribution is 7.99. The number of pyridine rings is 2. The van der Waals surface area contributed by atoms with Gasteiger partial charge in [0, 0.05) is 49.7 Å². The minimum absolute atomic E-state index is 0.474. The molecule has 0 aliphatic rings. The summed E-state index contributed by atoms with van der Waals surface area (Å²) < 4.78 is 39.1. The van der Waals surface area contributed by atoms with E-state index < -0.39 is 10.0 Å². The molecule has 0 unspecified atom stereocenters. The normalized spacial score (nSPS) is 11.1. The van der Waals surface area contributed by atoms with Gasteiger partial charge in [0.05, 0.1) is 25.1 Å². The second-order valence-corrected chi connectivity index (χ2v) is 14.4. The predicted octanol–water partition coefficient (Wildman–Crippen LogP) is 8.83. The maximum Gasteiger partial charge on any atom is 0.229 e. The summed E-state index contributed by atoms with van der Waals surface area (Å²) in [5.74, 6) is 2.78. The lowest BCUT2D eigenvalue weighted by Crippen LogP contribution is -2.23. The third kappa shape index (κ3) is 10.7. The number of anilines is 2. The number of sulfonamides is 1. The van der Waals surface area contributed by atoms with Gasteiger partial charge >= 0.3 is 0 Å². The van der Waals surface area contributed by atoms with Gasteiger partial charge in [-0.25, -0.2) is 18.2 Å². The van der Waals surface area contributed by atoms with Crippen molar-refractivity contribution in [2.75, 3.05) is 28.2 Å². The summed E-state index contributed by atoms with van der Waals surface area (Å²) in [5, 5.41) is 0.843. The summed E-state index contributed by atoms with van der Waals surface area (Å²) in [7, 11) is -3.45. The van der Waals surface area contributed by atoms with Crippen LogP contribution in [0.25, 0.3) is 4.85 Å². The molecule has 3 aromatic carbocycles. The van der Waals surface area contributed by atoms with Crippen LogP contribution in [0.5, 0.6) is 17.4 Å². The largest absolute Gasteiger partial charge is 0.477 e. The summed E-state index contributed by atoms with van der Waals surface area (Å²) in [4.78, 5) is 14.6. The maximum absolute atomic E-state index is 12.0. The van der Waals surface area contributed by atoms with Gasteiger partial charge in [-0.1, -0.05) is 55.5 Å². The van der Waals surface area contributed by atoms with Crippen LogP contribution in [0.2, 0.25) is 0 Å². The Morgan fingerprint density at radius 1 is 0.918 bits per heavy atom. The van der Waals surface area contributed by atoms with E-state index in [4.69, 9.17) is 16.0 Å². The summed E-state index contributed by atoms with van der Waals surface area (Å²) in [6, 6.07) is 28.7. The van der Waals surface area contributed by atoms with E-state index in [-0.39, 0.29) is 0 Å². The Labute approximate surface area is 293 Å². The first-order valence-electron chi connectivity index (χ1n) is 15.9. The molecule has 0 aliphatic carbocycles. The first-order chi connectivity index (χ1) is 23.7. The van der Waals surface area contributed by atoms with Crippen LogP contribution in [0.1, 0.15) is 35.6 Å². The Balaban J connectivity index is 1.34. The molecule has 0 fully saturated rings. The Hall–Kier alpha value is -5.05. The van der Waals surface area contributed by atoms with E-state index in [1.807, 2.05) is 98.0 Å². The standard InChI is InChI=1S/C38H39N5O4S2/c1-5-22-48-38-24-34(23-37(41-38)46-21-19-29-8-7-20-40-25-29)47-33-17-13-31(14-18-33)27-43(26-30-11-15-32(39-3)16-12-30)36-10-6-9-35(28(36)2)42-49(4,44)45/h6-18,20,23-25,42H,5,19,21-22,26-27H2,1-2,4H3. The predicted molar refractivity (Wildman–Crippen MR) is 197 cm³/mol. The Bertz CT molecular complexity index is 1980. The van der Waals surface area contributed by atoms with Gasteiger partial charge in [-0.2, -0.15) is 0 Å². The first kappa shape index (κ1) is 35.3. The van der Waals surface area contributed by atoms with Gasteiger partial charge in [-0.15, -0.1) is 11.8 Å². The number of hydrogen-bond acceptors (Lipinski definition) is 8. The van der Waals surface area contributed by atoms with Crippen molar-refractivity contribution in [2.45, 2.75) is 44.8 Å². The molecule has 2 aromatic heterocycles.